The fourth-order valence-corrected chi connectivity index (χ4v) is 4.10. The summed E-state index contributed by atoms with van der Waals surface area (Å²) >= 11 is 7.60. The predicted octanol–water partition coefficient (Wildman–Crippen LogP) is 2.85. The molecule has 1 aliphatic heterocycles. The van der Waals surface area contributed by atoms with Gasteiger partial charge in [0.25, 0.3) is 11.8 Å². The molecule has 0 radical (unpaired) electrons. The molecule has 1 fully saturated rings. The summed E-state index contributed by atoms with van der Waals surface area (Å²) in [6, 6.07) is 8.75. The Hall–Kier alpha value is -2.13. The zero-order valence-electron chi connectivity index (χ0n) is 16.2. The number of ether oxygens (including phenoxy) is 2. The van der Waals surface area contributed by atoms with Gasteiger partial charge < -0.3 is 9.47 Å². The first-order chi connectivity index (χ1) is 14.0. The van der Waals surface area contributed by atoms with Gasteiger partial charge in [-0.3, -0.25) is 25.3 Å². The molecule has 1 aromatic heterocycles. The average molecular weight is 438 g/mol. The van der Waals surface area contributed by atoms with Crippen LogP contribution in [0.3, 0.4) is 0 Å². The number of carbonyl (C=O) groups excluding carboxylic acids is 2. The van der Waals surface area contributed by atoms with E-state index in [9.17, 15) is 9.59 Å². The molecule has 2 aromatic rings. The Balaban J connectivity index is 1.56. The Morgan fingerprint density at radius 2 is 2.21 bits per heavy atom. The van der Waals surface area contributed by atoms with Crippen molar-refractivity contribution < 1.29 is 19.1 Å². The Bertz CT molecular complexity index is 825. The van der Waals surface area contributed by atoms with Crippen LogP contribution >= 0.6 is 22.9 Å². The van der Waals surface area contributed by atoms with Crippen LogP contribution in [0.2, 0.25) is 5.02 Å². The highest BCUT2D eigenvalue weighted by atomic mass is 35.5. The second-order valence-electron chi connectivity index (χ2n) is 6.73. The fourth-order valence-electron chi connectivity index (χ4n) is 3.18. The van der Waals surface area contributed by atoms with E-state index in [-0.39, 0.29) is 24.1 Å². The Kier molecular flexibility index (Phi) is 7.88. The van der Waals surface area contributed by atoms with Crippen LogP contribution in [0, 0.1) is 0 Å². The molecule has 2 heterocycles. The lowest BCUT2D eigenvalue weighted by atomic mass is 10.2. The maximum Gasteiger partial charge on any atom is 0.273 e. The minimum absolute atomic E-state index is 0.132. The van der Waals surface area contributed by atoms with E-state index in [4.69, 9.17) is 21.1 Å². The maximum absolute atomic E-state index is 12.5. The summed E-state index contributed by atoms with van der Waals surface area (Å²) in [4.78, 5) is 28.1. The number of rotatable bonds is 8. The molecule has 29 heavy (non-hydrogen) atoms. The van der Waals surface area contributed by atoms with E-state index >= 15 is 0 Å². The van der Waals surface area contributed by atoms with Crippen molar-refractivity contribution in [2.45, 2.75) is 25.5 Å². The molecule has 1 saturated heterocycles. The van der Waals surface area contributed by atoms with Gasteiger partial charge in [-0.25, -0.2) is 0 Å². The zero-order chi connectivity index (χ0) is 20.6. The van der Waals surface area contributed by atoms with Crippen molar-refractivity contribution in [3.05, 3.63) is 51.2 Å². The summed E-state index contributed by atoms with van der Waals surface area (Å²) in [6.45, 7) is 2.23. The Labute approximate surface area is 178 Å². The first-order valence-electron chi connectivity index (χ1n) is 9.34. The summed E-state index contributed by atoms with van der Waals surface area (Å²) in [5, 5.41) is 2.42. The molecule has 1 aliphatic rings. The van der Waals surface area contributed by atoms with Crippen LogP contribution in [-0.2, 0) is 16.1 Å². The monoisotopic (exact) mass is 437 g/mol. The lowest BCUT2D eigenvalue weighted by Gasteiger charge is -2.24. The van der Waals surface area contributed by atoms with Gasteiger partial charge in [0.05, 0.1) is 25.3 Å². The number of halogens is 1. The molecule has 2 N–H and O–H groups in total. The van der Waals surface area contributed by atoms with Crippen LogP contribution in [0.1, 0.15) is 28.1 Å². The number of thiophene rings is 1. The van der Waals surface area contributed by atoms with Gasteiger partial charge in [-0.05, 0) is 42.5 Å². The minimum atomic E-state index is -0.498. The van der Waals surface area contributed by atoms with Gasteiger partial charge in [0.15, 0.2) is 0 Å². The average Bonchev–Trinajstić information content (AvgIpc) is 3.40. The normalized spacial score (nSPS) is 16.0. The Morgan fingerprint density at radius 3 is 2.90 bits per heavy atom. The van der Waals surface area contributed by atoms with Gasteiger partial charge in [0, 0.05) is 29.6 Å². The summed E-state index contributed by atoms with van der Waals surface area (Å²) in [5.41, 5.74) is 5.14. The molecular formula is C20H24ClN3O4S. The van der Waals surface area contributed by atoms with Crippen molar-refractivity contribution in [1.82, 2.24) is 15.8 Å². The van der Waals surface area contributed by atoms with Crippen molar-refractivity contribution in [2.24, 2.45) is 0 Å². The molecule has 0 unspecified atom stereocenters. The molecule has 156 valence electrons. The van der Waals surface area contributed by atoms with E-state index in [1.165, 1.54) is 18.1 Å². The van der Waals surface area contributed by atoms with E-state index in [2.05, 4.69) is 10.9 Å². The summed E-state index contributed by atoms with van der Waals surface area (Å²) in [6.07, 6.45) is 2.17. The Morgan fingerprint density at radius 1 is 1.34 bits per heavy atom. The van der Waals surface area contributed by atoms with E-state index in [0.29, 0.717) is 23.9 Å². The second-order valence-corrected chi connectivity index (χ2v) is 8.20. The number of benzene rings is 1. The van der Waals surface area contributed by atoms with Crippen LogP contribution in [0.4, 0.5) is 0 Å². The lowest BCUT2D eigenvalue weighted by Crippen LogP contribution is -2.47. The molecule has 7 nitrogen and oxygen atoms in total. The largest absolute Gasteiger partial charge is 0.496 e. The predicted molar refractivity (Wildman–Crippen MR) is 112 cm³/mol. The van der Waals surface area contributed by atoms with Gasteiger partial charge in [0.2, 0.25) is 0 Å². The molecule has 0 spiro atoms. The fraction of sp³-hybridized carbons (Fsp3) is 0.400. The zero-order valence-corrected chi connectivity index (χ0v) is 17.7. The van der Waals surface area contributed by atoms with E-state index in [1.807, 2.05) is 22.4 Å². The van der Waals surface area contributed by atoms with Crippen LogP contribution in [0.5, 0.6) is 5.75 Å². The number of methoxy groups -OCH3 is 1. The van der Waals surface area contributed by atoms with Crippen molar-refractivity contribution in [3.63, 3.8) is 0 Å². The number of amides is 2. The first kappa shape index (κ1) is 21.6. The SMILES string of the molecule is COc1ccc(Cl)cc1C(=O)NNC(=O)CN(Cc1cccs1)C[C@H]1CCCO1. The smallest absolute Gasteiger partial charge is 0.273 e. The van der Waals surface area contributed by atoms with Crippen molar-refractivity contribution in [3.8, 4) is 5.75 Å². The van der Waals surface area contributed by atoms with Gasteiger partial charge in [-0.2, -0.15) is 0 Å². The van der Waals surface area contributed by atoms with Crippen molar-refractivity contribution >= 4 is 34.8 Å². The van der Waals surface area contributed by atoms with Crippen LogP contribution < -0.4 is 15.6 Å². The van der Waals surface area contributed by atoms with Gasteiger partial charge in [-0.1, -0.05) is 17.7 Å². The third kappa shape index (κ3) is 6.43. The van der Waals surface area contributed by atoms with Gasteiger partial charge in [-0.15, -0.1) is 11.3 Å². The molecule has 1 atom stereocenters. The van der Waals surface area contributed by atoms with Gasteiger partial charge in [0.1, 0.15) is 5.75 Å². The summed E-state index contributed by atoms with van der Waals surface area (Å²) in [5.74, 6) is -0.436. The number of nitrogens with zero attached hydrogens (tertiary/aromatic N) is 1. The van der Waals surface area contributed by atoms with E-state index in [0.717, 1.165) is 19.4 Å². The second kappa shape index (κ2) is 10.6. The highest BCUT2D eigenvalue weighted by molar-refractivity contribution is 7.09. The van der Waals surface area contributed by atoms with Crippen molar-refractivity contribution in [2.75, 3.05) is 26.8 Å². The lowest BCUT2D eigenvalue weighted by molar-refractivity contribution is -0.123. The molecule has 1 aromatic carbocycles. The van der Waals surface area contributed by atoms with Gasteiger partial charge >= 0.3 is 0 Å². The van der Waals surface area contributed by atoms with Crippen LogP contribution in [0.25, 0.3) is 0 Å². The number of carbonyl (C=O) groups is 2. The summed E-state index contributed by atoms with van der Waals surface area (Å²) < 4.78 is 10.9. The number of hydrogen-bond donors (Lipinski definition) is 2. The maximum atomic E-state index is 12.5. The van der Waals surface area contributed by atoms with E-state index < -0.39 is 5.91 Å². The topological polar surface area (TPSA) is 79.9 Å². The van der Waals surface area contributed by atoms with Crippen LogP contribution in [0.15, 0.2) is 35.7 Å². The molecule has 9 heteroatoms. The highest BCUT2D eigenvalue weighted by Crippen LogP contribution is 2.22. The number of hydrogen-bond acceptors (Lipinski definition) is 6. The minimum Gasteiger partial charge on any atom is -0.496 e. The molecule has 2 amide bonds. The quantitative estimate of drug-likeness (QED) is 0.621. The molecule has 0 saturated carbocycles. The summed E-state index contributed by atoms with van der Waals surface area (Å²) in [7, 11) is 1.46. The molecular weight excluding hydrogens is 414 g/mol. The number of hydrazine groups is 1. The molecule has 3 rings (SSSR count). The molecule has 0 aliphatic carbocycles. The molecule has 0 bridgehead atoms. The first-order valence-corrected chi connectivity index (χ1v) is 10.6. The third-order valence-corrected chi connectivity index (χ3v) is 5.63. The highest BCUT2D eigenvalue weighted by Gasteiger charge is 2.22. The third-order valence-electron chi connectivity index (χ3n) is 4.53. The number of nitrogens with one attached hydrogen (secondary N) is 2. The van der Waals surface area contributed by atoms with Crippen LogP contribution in [-0.4, -0.2) is 49.6 Å². The van der Waals surface area contributed by atoms with E-state index in [1.54, 1.807) is 23.5 Å². The van der Waals surface area contributed by atoms with Crippen molar-refractivity contribution in [1.29, 1.82) is 0 Å². The standard InChI is InChI=1S/C20H24ClN3O4S/c1-27-18-7-6-14(21)10-17(18)20(26)23-22-19(25)13-24(11-15-4-2-8-28-15)12-16-5-3-9-29-16/h3,5-7,9-10,15H,2,4,8,11-13H2,1H3,(H,22,25)(H,23,26)/t15-/m1/s1.